The van der Waals surface area contributed by atoms with Gasteiger partial charge in [-0.1, -0.05) is 17.7 Å². The maximum absolute atomic E-state index is 13.9. The first-order chi connectivity index (χ1) is 9.35. The molecule has 0 bridgehead atoms. The van der Waals surface area contributed by atoms with Crippen molar-refractivity contribution >= 4 is 23.5 Å². The summed E-state index contributed by atoms with van der Waals surface area (Å²) in [6, 6.07) is 4.22. The third-order valence-electron chi connectivity index (χ3n) is 3.68. The summed E-state index contributed by atoms with van der Waals surface area (Å²) in [7, 11) is 0. The number of carbonyl (C=O) groups excluding carboxylic acids is 1. The van der Waals surface area contributed by atoms with Crippen molar-refractivity contribution in [2.75, 3.05) is 13.1 Å². The van der Waals surface area contributed by atoms with E-state index in [2.05, 4.69) is 0 Å². The number of aliphatic carboxylic acids is 1. The zero-order chi connectivity index (χ0) is 14.9. The molecular weight excluding hydrogens is 285 g/mol. The Labute approximate surface area is 121 Å². The van der Waals surface area contributed by atoms with Crippen molar-refractivity contribution in [2.24, 2.45) is 5.41 Å². The van der Waals surface area contributed by atoms with E-state index in [1.807, 2.05) is 0 Å². The van der Waals surface area contributed by atoms with E-state index in [9.17, 15) is 19.1 Å². The van der Waals surface area contributed by atoms with Crippen molar-refractivity contribution in [3.63, 3.8) is 0 Å². The van der Waals surface area contributed by atoms with Crippen molar-refractivity contribution in [3.05, 3.63) is 34.6 Å². The molecule has 0 radical (unpaired) electrons. The lowest BCUT2D eigenvalue weighted by Gasteiger charge is -2.37. The maximum atomic E-state index is 13.9. The number of amides is 1. The number of carboxylic acid groups (broad SMARTS) is 1. The Morgan fingerprint density at radius 1 is 1.45 bits per heavy atom. The van der Waals surface area contributed by atoms with Crippen LogP contribution in [0, 0.1) is 11.2 Å². The summed E-state index contributed by atoms with van der Waals surface area (Å²) in [5.41, 5.74) is -1.10. The fourth-order valence-electron chi connectivity index (χ4n) is 2.43. The van der Waals surface area contributed by atoms with Crippen LogP contribution in [0.15, 0.2) is 18.2 Å². The lowest BCUT2D eigenvalue weighted by atomic mass is 9.82. The van der Waals surface area contributed by atoms with Crippen LogP contribution >= 0.6 is 11.6 Å². The van der Waals surface area contributed by atoms with Crippen LogP contribution in [-0.2, 0) is 4.79 Å². The van der Waals surface area contributed by atoms with E-state index in [1.54, 1.807) is 6.92 Å². The van der Waals surface area contributed by atoms with Crippen LogP contribution in [0.2, 0.25) is 5.02 Å². The number of piperidine rings is 1. The third-order valence-corrected chi connectivity index (χ3v) is 3.97. The highest BCUT2D eigenvalue weighted by molar-refractivity contribution is 6.31. The van der Waals surface area contributed by atoms with Gasteiger partial charge in [0.15, 0.2) is 5.82 Å². The van der Waals surface area contributed by atoms with Crippen molar-refractivity contribution in [3.8, 4) is 0 Å². The molecule has 0 aliphatic carbocycles. The first-order valence-corrected chi connectivity index (χ1v) is 6.69. The van der Waals surface area contributed by atoms with E-state index in [0.29, 0.717) is 19.4 Å². The van der Waals surface area contributed by atoms with Gasteiger partial charge < -0.3 is 10.0 Å². The Hall–Kier alpha value is -1.62. The number of likely N-dealkylation sites (tertiary alicyclic amines) is 1. The van der Waals surface area contributed by atoms with E-state index >= 15 is 0 Å². The third kappa shape index (κ3) is 2.63. The number of hydrogen-bond donors (Lipinski definition) is 1. The highest BCUT2D eigenvalue weighted by atomic mass is 35.5. The van der Waals surface area contributed by atoms with Crippen LogP contribution in [-0.4, -0.2) is 35.0 Å². The largest absolute Gasteiger partial charge is 0.481 e. The van der Waals surface area contributed by atoms with Gasteiger partial charge in [-0.25, -0.2) is 4.39 Å². The van der Waals surface area contributed by atoms with Crippen LogP contribution in [0.1, 0.15) is 30.1 Å². The average Bonchev–Trinajstić information content (AvgIpc) is 2.41. The number of carboxylic acids is 1. The van der Waals surface area contributed by atoms with Crippen LogP contribution in [0.5, 0.6) is 0 Å². The second-order valence-electron chi connectivity index (χ2n) is 5.30. The molecule has 1 amide bonds. The molecule has 1 unspecified atom stereocenters. The van der Waals surface area contributed by atoms with Crippen LogP contribution < -0.4 is 0 Å². The molecule has 20 heavy (non-hydrogen) atoms. The minimum Gasteiger partial charge on any atom is -0.481 e. The minimum absolute atomic E-state index is 0.0765. The Bertz CT molecular complexity index is 563. The molecule has 1 saturated heterocycles. The van der Waals surface area contributed by atoms with Gasteiger partial charge in [0, 0.05) is 13.1 Å². The van der Waals surface area contributed by atoms with Crippen molar-refractivity contribution < 1.29 is 19.1 Å². The molecule has 0 aromatic heterocycles. The summed E-state index contributed by atoms with van der Waals surface area (Å²) < 4.78 is 13.9. The van der Waals surface area contributed by atoms with Crippen LogP contribution in [0.25, 0.3) is 0 Å². The molecule has 4 nitrogen and oxygen atoms in total. The summed E-state index contributed by atoms with van der Waals surface area (Å²) >= 11 is 5.66. The number of halogens is 2. The molecule has 2 rings (SSSR count). The molecule has 108 valence electrons. The van der Waals surface area contributed by atoms with Crippen molar-refractivity contribution in [2.45, 2.75) is 19.8 Å². The fraction of sp³-hybridized carbons (Fsp3) is 0.429. The lowest BCUT2D eigenvalue weighted by molar-refractivity contribution is -0.150. The summed E-state index contributed by atoms with van der Waals surface area (Å²) in [5, 5.41) is 9.12. The summed E-state index contributed by atoms with van der Waals surface area (Å²) in [6.45, 7) is 2.10. The first kappa shape index (κ1) is 14.8. The van der Waals surface area contributed by atoms with Gasteiger partial charge in [-0.2, -0.15) is 0 Å². The molecule has 1 aliphatic heterocycles. The van der Waals surface area contributed by atoms with E-state index in [0.717, 1.165) is 0 Å². The predicted octanol–water partition coefficient (Wildman–Crippen LogP) is 2.81. The Morgan fingerprint density at radius 3 is 2.80 bits per heavy atom. The van der Waals surface area contributed by atoms with Gasteiger partial charge in [0.25, 0.3) is 5.91 Å². The van der Waals surface area contributed by atoms with Crippen molar-refractivity contribution in [1.29, 1.82) is 0 Å². The van der Waals surface area contributed by atoms with Crippen LogP contribution in [0.4, 0.5) is 4.39 Å². The second-order valence-corrected chi connectivity index (χ2v) is 5.70. The molecule has 1 aromatic carbocycles. The zero-order valence-corrected chi connectivity index (χ0v) is 11.8. The number of carbonyl (C=O) groups is 2. The lowest BCUT2D eigenvalue weighted by Crippen LogP contribution is -2.48. The second kappa shape index (κ2) is 5.40. The highest BCUT2D eigenvalue weighted by Gasteiger charge is 2.39. The summed E-state index contributed by atoms with van der Waals surface area (Å²) in [4.78, 5) is 25.0. The molecule has 1 aromatic rings. The number of rotatable bonds is 2. The molecule has 1 aliphatic rings. The van der Waals surface area contributed by atoms with Gasteiger partial charge >= 0.3 is 5.97 Å². The minimum atomic E-state index is -0.983. The number of benzene rings is 1. The topological polar surface area (TPSA) is 57.6 Å². The average molecular weight is 300 g/mol. The van der Waals surface area contributed by atoms with Crippen molar-refractivity contribution in [1.82, 2.24) is 4.90 Å². The SMILES string of the molecule is CC1(C(=O)O)CCCN(C(=O)c2cccc(Cl)c2F)C1. The molecule has 0 saturated carbocycles. The zero-order valence-electron chi connectivity index (χ0n) is 11.0. The number of nitrogens with zero attached hydrogens (tertiary/aromatic N) is 1. The smallest absolute Gasteiger partial charge is 0.311 e. The summed E-state index contributed by atoms with van der Waals surface area (Å²) in [5.74, 6) is -2.22. The number of hydrogen-bond acceptors (Lipinski definition) is 2. The normalized spacial score (nSPS) is 22.6. The molecule has 0 spiro atoms. The fourth-order valence-corrected chi connectivity index (χ4v) is 2.60. The Balaban J connectivity index is 2.25. The molecule has 1 heterocycles. The molecular formula is C14H15ClFNO3. The summed E-state index contributed by atoms with van der Waals surface area (Å²) in [6.07, 6.45) is 1.08. The maximum Gasteiger partial charge on any atom is 0.311 e. The van der Waals surface area contributed by atoms with E-state index in [1.165, 1.54) is 23.1 Å². The Morgan fingerprint density at radius 2 is 2.15 bits per heavy atom. The van der Waals surface area contributed by atoms with Gasteiger partial charge in [-0.05, 0) is 31.9 Å². The van der Waals surface area contributed by atoms with E-state index in [-0.39, 0.29) is 17.1 Å². The quantitative estimate of drug-likeness (QED) is 0.913. The highest BCUT2D eigenvalue weighted by Crippen LogP contribution is 2.31. The van der Waals surface area contributed by atoms with Gasteiger partial charge in [-0.3, -0.25) is 9.59 Å². The first-order valence-electron chi connectivity index (χ1n) is 6.32. The van der Waals surface area contributed by atoms with E-state index < -0.39 is 23.1 Å². The van der Waals surface area contributed by atoms with Gasteiger partial charge in [-0.15, -0.1) is 0 Å². The standard InChI is InChI=1S/C14H15ClFNO3/c1-14(13(19)20)6-3-7-17(8-14)12(18)9-4-2-5-10(15)11(9)16/h2,4-5H,3,6-8H2,1H3,(H,19,20). The Kier molecular flexibility index (Phi) is 3.99. The molecule has 1 fully saturated rings. The monoisotopic (exact) mass is 299 g/mol. The van der Waals surface area contributed by atoms with E-state index in [4.69, 9.17) is 11.6 Å². The van der Waals surface area contributed by atoms with Gasteiger partial charge in [0.2, 0.25) is 0 Å². The van der Waals surface area contributed by atoms with Gasteiger partial charge in [0.1, 0.15) is 0 Å². The molecule has 6 heteroatoms. The van der Waals surface area contributed by atoms with Gasteiger partial charge in [0.05, 0.1) is 16.0 Å². The molecule has 1 N–H and O–H groups in total. The van der Waals surface area contributed by atoms with Crippen LogP contribution in [0.3, 0.4) is 0 Å². The predicted molar refractivity (Wildman–Crippen MR) is 72.3 cm³/mol. The molecule has 1 atom stereocenters.